The minimum absolute atomic E-state index is 0.00440. The molecular weight excluding hydrogens is 302 g/mol. The fraction of sp³-hybridized carbons (Fsp3) is 0.300. The quantitative estimate of drug-likeness (QED) is 0.937. The van der Waals surface area contributed by atoms with E-state index in [0.717, 1.165) is 24.1 Å². The van der Waals surface area contributed by atoms with Gasteiger partial charge in [-0.3, -0.25) is 4.79 Å². The van der Waals surface area contributed by atoms with Gasteiger partial charge in [0.1, 0.15) is 5.78 Å². The van der Waals surface area contributed by atoms with Gasteiger partial charge in [-0.25, -0.2) is 4.79 Å². The summed E-state index contributed by atoms with van der Waals surface area (Å²) >= 11 is 0. The number of carbonyl (C=O) groups excluding carboxylic acids is 1. The lowest BCUT2D eigenvalue weighted by Gasteiger charge is -2.52. The Balaban J connectivity index is 1.77. The van der Waals surface area contributed by atoms with E-state index >= 15 is 0 Å². The number of carbonyl (C=O) groups is 2. The standard InChI is InChI=1S/C20H19NO3/c22-18-12-16-10-11-17(18)19(21(16)15-4-2-1-3-5-15)13-6-8-14(9-7-13)20(23)24/h1-9,16-17,19H,10-12H2,(H,23,24). The molecule has 5 rings (SSSR count). The van der Waals surface area contributed by atoms with Gasteiger partial charge in [-0.1, -0.05) is 30.3 Å². The zero-order valence-electron chi connectivity index (χ0n) is 13.3. The van der Waals surface area contributed by atoms with Crippen molar-refractivity contribution in [3.63, 3.8) is 0 Å². The monoisotopic (exact) mass is 321 g/mol. The van der Waals surface area contributed by atoms with Gasteiger partial charge in [-0.2, -0.15) is 0 Å². The molecule has 0 radical (unpaired) electrons. The summed E-state index contributed by atoms with van der Waals surface area (Å²) < 4.78 is 0. The number of para-hydroxylation sites is 1. The summed E-state index contributed by atoms with van der Waals surface area (Å²) in [5.41, 5.74) is 2.43. The second-order valence-corrected chi connectivity index (χ2v) is 6.62. The first kappa shape index (κ1) is 14.9. The molecule has 4 heteroatoms. The number of anilines is 1. The summed E-state index contributed by atoms with van der Waals surface area (Å²) in [6, 6.07) is 17.4. The molecular formula is C20H19NO3. The predicted octanol–water partition coefficient (Wildman–Crippen LogP) is 3.68. The van der Waals surface area contributed by atoms with Crippen molar-refractivity contribution in [3.05, 3.63) is 65.7 Å². The average molecular weight is 321 g/mol. The van der Waals surface area contributed by atoms with Gasteiger partial charge in [0.25, 0.3) is 0 Å². The van der Waals surface area contributed by atoms with Crippen molar-refractivity contribution in [2.75, 3.05) is 4.90 Å². The van der Waals surface area contributed by atoms with Crippen LogP contribution < -0.4 is 4.90 Å². The number of fused-ring (bicyclic) bond motifs is 3. The third kappa shape index (κ3) is 2.39. The molecule has 1 N–H and O–H groups in total. The fourth-order valence-corrected chi connectivity index (χ4v) is 4.20. The van der Waals surface area contributed by atoms with E-state index in [1.54, 1.807) is 12.1 Å². The van der Waals surface area contributed by atoms with E-state index in [1.165, 1.54) is 0 Å². The number of nitrogens with zero attached hydrogens (tertiary/aromatic N) is 1. The number of ketones is 1. The summed E-state index contributed by atoms with van der Waals surface area (Å²) in [5, 5.41) is 9.10. The number of hydrogen-bond donors (Lipinski definition) is 1. The van der Waals surface area contributed by atoms with Gasteiger partial charge in [0.05, 0.1) is 11.6 Å². The van der Waals surface area contributed by atoms with E-state index in [2.05, 4.69) is 17.0 Å². The van der Waals surface area contributed by atoms with Crippen LogP contribution in [0.2, 0.25) is 0 Å². The molecule has 3 unspecified atom stereocenters. The molecule has 122 valence electrons. The van der Waals surface area contributed by atoms with Gasteiger partial charge in [0.2, 0.25) is 0 Å². The van der Waals surface area contributed by atoms with Crippen LogP contribution in [0.15, 0.2) is 54.6 Å². The average Bonchev–Trinajstić information content (AvgIpc) is 2.62. The summed E-state index contributed by atoms with van der Waals surface area (Å²) in [4.78, 5) is 25.9. The predicted molar refractivity (Wildman–Crippen MR) is 91.2 cm³/mol. The molecule has 3 atom stereocenters. The Morgan fingerprint density at radius 2 is 1.71 bits per heavy atom. The topological polar surface area (TPSA) is 57.6 Å². The number of rotatable bonds is 3. The normalized spacial score (nSPS) is 25.8. The molecule has 2 aromatic carbocycles. The summed E-state index contributed by atoms with van der Waals surface area (Å²) in [7, 11) is 0. The number of benzene rings is 2. The molecule has 2 heterocycles. The van der Waals surface area contributed by atoms with Gasteiger partial charge in [0.15, 0.2) is 0 Å². The Morgan fingerprint density at radius 1 is 1.00 bits per heavy atom. The summed E-state index contributed by atoms with van der Waals surface area (Å²) in [5.74, 6) is -0.598. The molecule has 3 aliphatic rings. The van der Waals surface area contributed by atoms with E-state index in [-0.39, 0.29) is 23.6 Å². The van der Waals surface area contributed by atoms with Crippen LogP contribution in [0, 0.1) is 5.92 Å². The van der Waals surface area contributed by atoms with E-state index < -0.39 is 5.97 Å². The van der Waals surface area contributed by atoms with Crippen LogP contribution in [0.3, 0.4) is 0 Å². The van der Waals surface area contributed by atoms with Crippen LogP contribution in [-0.2, 0) is 4.79 Å². The third-order valence-corrected chi connectivity index (χ3v) is 5.29. The van der Waals surface area contributed by atoms with Crippen LogP contribution in [0.1, 0.15) is 41.2 Å². The van der Waals surface area contributed by atoms with Crippen LogP contribution in [-0.4, -0.2) is 22.9 Å². The fourth-order valence-electron chi connectivity index (χ4n) is 4.20. The van der Waals surface area contributed by atoms with Crippen molar-refractivity contribution in [2.24, 2.45) is 5.92 Å². The molecule has 2 saturated heterocycles. The maximum atomic E-state index is 12.5. The number of carboxylic acid groups (broad SMARTS) is 1. The van der Waals surface area contributed by atoms with Gasteiger partial charge in [-0.05, 0) is 42.7 Å². The van der Waals surface area contributed by atoms with E-state index in [4.69, 9.17) is 5.11 Å². The Morgan fingerprint density at radius 3 is 2.33 bits per heavy atom. The van der Waals surface area contributed by atoms with E-state index in [0.29, 0.717) is 12.2 Å². The lowest BCUT2D eigenvalue weighted by Crippen LogP contribution is -2.54. The molecule has 0 spiro atoms. The Hall–Kier alpha value is -2.62. The van der Waals surface area contributed by atoms with Gasteiger partial charge >= 0.3 is 5.97 Å². The highest BCUT2D eigenvalue weighted by Gasteiger charge is 2.47. The first-order chi connectivity index (χ1) is 11.6. The number of hydrogen-bond acceptors (Lipinski definition) is 3. The SMILES string of the molecule is O=C(O)c1ccc(C2C3CCC(CC3=O)N2c2ccccc2)cc1. The van der Waals surface area contributed by atoms with Crippen molar-refractivity contribution < 1.29 is 14.7 Å². The second-order valence-electron chi connectivity index (χ2n) is 6.62. The molecule has 24 heavy (non-hydrogen) atoms. The largest absolute Gasteiger partial charge is 0.478 e. The van der Waals surface area contributed by atoms with Crippen molar-refractivity contribution in [1.29, 1.82) is 0 Å². The Labute approximate surface area is 140 Å². The molecule has 1 saturated carbocycles. The van der Waals surface area contributed by atoms with Crippen LogP contribution in [0.4, 0.5) is 5.69 Å². The van der Waals surface area contributed by atoms with E-state index in [1.807, 2.05) is 30.3 Å². The van der Waals surface area contributed by atoms with Crippen molar-refractivity contribution in [1.82, 2.24) is 0 Å². The molecule has 1 aliphatic carbocycles. The van der Waals surface area contributed by atoms with Gasteiger partial charge in [-0.15, -0.1) is 0 Å². The highest BCUT2D eigenvalue weighted by molar-refractivity contribution is 5.88. The molecule has 0 aromatic heterocycles. The minimum Gasteiger partial charge on any atom is -0.478 e. The van der Waals surface area contributed by atoms with Crippen LogP contribution in [0.25, 0.3) is 0 Å². The summed E-state index contributed by atoms with van der Waals surface area (Å²) in [6.07, 6.45) is 2.57. The van der Waals surface area contributed by atoms with Gasteiger partial charge in [0, 0.05) is 24.1 Å². The number of carboxylic acids is 1. The molecule has 3 fully saturated rings. The smallest absolute Gasteiger partial charge is 0.335 e. The molecule has 2 bridgehead atoms. The molecule has 2 aromatic rings. The number of aromatic carboxylic acids is 1. The highest BCUT2D eigenvalue weighted by Crippen LogP contribution is 2.47. The third-order valence-electron chi connectivity index (χ3n) is 5.29. The molecule has 2 aliphatic heterocycles. The maximum absolute atomic E-state index is 12.5. The highest BCUT2D eigenvalue weighted by atomic mass is 16.4. The van der Waals surface area contributed by atoms with Gasteiger partial charge < -0.3 is 10.0 Å². The lowest BCUT2D eigenvalue weighted by molar-refractivity contribution is -0.128. The van der Waals surface area contributed by atoms with Crippen molar-refractivity contribution in [2.45, 2.75) is 31.3 Å². The van der Waals surface area contributed by atoms with E-state index in [9.17, 15) is 9.59 Å². The van der Waals surface area contributed by atoms with Crippen LogP contribution in [0.5, 0.6) is 0 Å². The Bertz CT molecular complexity index is 769. The zero-order valence-corrected chi connectivity index (χ0v) is 13.3. The number of Topliss-reactive ketones (excluding diaryl/α,β-unsaturated/α-hetero) is 1. The summed E-state index contributed by atoms with van der Waals surface area (Å²) in [6.45, 7) is 0. The minimum atomic E-state index is -0.928. The van der Waals surface area contributed by atoms with Crippen molar-refractivity contribution in [3.8, 4) is 0 Å². The molecule has 0 amide bonds. The first-order valence-electron chi connectivity index (χ1n) is 8.34. The number of piperidine rings is 2. The Kier molecular flexibility index (Phi) is 3.60. The second kappa shape index (κ2) is 5.78. The van der Waals surface area contributed by atoms with Crippen molar-refractivity contribution >= 4 is 17.4 Å². The van der Waals surface area contributed by atoms with Crippen LogP contribution >= 0.6 is 0 Å². The first-order valence-corrected chi connectivity index (χ1v) is 8.34. The molecule has 4 nitrogen and oxygen atoms in total. The zero-order chi connectivity index (χ0) is 16.7. The lowest BCUT2D eigenvalue weighted by atomic mass is 9.71. The maximum Gasteiger partial charge on any atom is 0.335 e.